The molecule has 0 spiro atoms. The maximum Gasteiger partial charge on any atom is 0.307 e. The molecule has 0 bridgehead atoms. The molecule has 0 N–H and O–H groups in total. The Balaban J connectivity index is 4.47. The van der Waals surface area contributed by atoms with Crippen molar-refractivity contribution in [2.24, 2.45) is 0 Å². The van der Waals surface area contributed by atoms with Crippen LogP contribution in [0.4, 0.5) is 0 Å². The standard InChI is InChI=1S/C8H10N2O2/c1-3-7(11)12-8(4-2,5-9)6-10/h3-4H2,1-2H3. The summed E-state index contributed by atoms with van der Waals surface area (Å²) in [5, 5.41) is 17.1. The second kappa shape index (κ2) is 4.35. The van der Waals surface area contributed by atoms with Crippen molar-refractivity contribution in [3.05, 3.63) is 0 Å². The van der Waals surface area contributed by atoms with Gasteiger partial charge in [-0.25, -0.2) is 0 Å². The summed E-state index contributed by atoms with van der Waals surface area (Å²) in [5.74, 6) is -0.528. The molecule has 0 aromatic carbocycles. The third-order valence-electron chi connectivity index (χ3n) is 1.44. The second-order valence-corrected chi connectivity index (χ2v) is 2.23. The van der Waals surface area contributed by atoms with Crippen LogP contribution in [0.3, 0.4) is 0 Å². The fraction of sp³-hybridized carbons (Fsp3) is 0.625. The Hall–Kier alpha value is -1.55. The molecule has 0 amide bonds. The maximum absolute atomic E-state index is 10.8. The van der Waals surface area contributed by atoms with Gasteiger partial charge in [0.05, 0.1) is 0 Å². The smallest absolute Gasteiger partial charge is 0.307 e. The molecule has 0 saturated carbocycles. The van der Waals surface area contributed by atoms with Crippen molar-refractivity contribution >= 4 is 5.97 Å². The minimum atomic E-state index is -1.59. The fourth-order valence-electron chi connectivity index (χ4n) is 0.567. The van der Waals surface area contributed by atoms with Crippen LogP contribution in [0.15, 0.2) is 0 Å². The molecule has 0 aliphatic rings. The molecule has 4 nitrogen and oxygen atoms in total. The molecule has 0 aliphatic carbocycles. The number of hydrogen-bond acceptors (Lipinski definition) is 4. The zero-order valence-electron chi connectivity index (χ0n) is 7.13. The lowest BCUT2D eigenvalue weighted by Gasteiger charge is -2.15. The quantitative estimate of drug-likeness (QED) is 0.589. The van der Waals surface area contributed by atoms with Gasteiger partial charge in [-0.05, 0) is 0 Å². The van der Waals surface area contributed by atoms with Gasteiger partial charge < -0.3 is 4.74 Å². The lowest BCUT2D eigenvalue weighted by atomic mass is 10.1. The highest BCUT2D eigenvalue weighted by Crippen LogP contribution is 2.14. The summed E-state index contributed by atoms with van der Waals surface area (Å²) >= 11 is 0. The van der Waals surface area contributed by atoms with Crippen LogP contribution in [-0.4, -0.2) is 11.6 Å². The number of ether oxygens (including phenoxy) is 1. The van der Waals surface area contributed by atoms with E-state index in [1.165, 1.54) is 0 Å². The summed E-state index contributed by atoms with van der Waals surface area (Å²) in [6.07, 6.45) is 0.358. The van der Waals surface area contributed by atoms with E-state index in [9.17, 15) is 4.79 Å². The molecule has 64 valence electrons. The molecule has 0 saturated heterocycles. The Morgan fingerprint density at radius 2 is 1.92 bits per heavy atom. The third-order valence-corrected chi connectivity index (χ3v) is 1.44. The molecule has 0 fully saturated rings. The van der Waals surface area contributed by atoms with Crippen LogP contribution in [0.2, 0.25) is 0 Å². The van der Waals surface area contributed by atoms with Crippen molar-refractivity contribution in [1.82, 2.24) is 0 Å². The van der Waals surface area contributed by atoms with Gasteiger partial charge in [0.15, 0.2) is 0 Å². The van der Waals surface area contributed by atoms with Crippen molar-refractivity contribution in [2.45, 2.75) is 32.3 Å². The van der Waals surface area contributed by atoms with E-state index in [2.05, 4.69) is 4.74 Å². The van der Waals surface area contributed by atoms with E-state index in [0.29, 0.717) is 0 Å². The Morgan fingerprint density at radius 1 is 1.42 bits per heavy atom. The van der Waals surface area contributed by atoms with Crippen LogP contribution in [0.25, 0.3) is 0 Å². The monoisotopic (exact) mass is 166 g/mol. The van der Waals surface area contributed by atoms with Crippen LogP contribution in [0, 0.1) is 22.7 Å². The predicted molar refractivity (Wildman–Crippen MR) is 40.6 cm³/mol. The van der Waals surface area contributed by atoms with Crippen LogP contribution in [0.5, 0.6) is 0 Å². The average Bonchev–Trinajstić information content (AvgIpc) is 2.14. The highest BCUT2D eigenvalue weighted by Gasteiger charge is 2.31. The summed E-state index contributed by atoms with van der Waals surface area (Å²) in [6.45, 7) is 3.23. The van der Waals surface area contributed by atoms with Crippen molar-refractivity contribution < 1.29 is 9.53 Å². The molecule has 0 aromatic rings. The lowest BCUT2D eigenvalue weighted by Crippen LogP contribution is -2.30. The first-order valence-electron chi connectivity index (χ1n) is 3.68. The Labute approximate surface area is 71.4 Å². The zero-order valence-corrected chi connectivity index (χ0v) is 7.13. The number of carbonyl (C=O) groups excluding carboxylic acids is 1. The number of rotatable bonds is 3. The zero-order chi connectivity index (χ0) is 9.61. The molecular formula is C8H10N2O2. The Morgan fingerprint density at radius 3 is 2.17 bits per heavy atom. The topological polar surface area (TPSA) is 73.9 Å². The molecule has 0 unspecified atom stereocenters. The first-order valence-corrected chi connectivity index (χ1v) is 3.68. The van der Waals surface area contributed by atoms with Crippen molar-refractivity contribution in [3.63, 3.8) is 0 Å². The normalized spacial score (nSPS) is 9.67. The van der Waals surface area contributed by atoms with Crippen LogP contribution < -0.4 is 0 Å². The minimum Gasteiger partial charge on any atom is -0.430 e. The van der Waals surface area contributed by atoms with Gasteiger partial charge in [-0.1, -0.05) is 13.8 Å². The van der Waals surface area contributed by atoms with Crippen LogP contribution in [-0.2, 0) is 9.53 Å². The fourth-order valence-corrected chi connectivity index (χ4v) is 0.567. The minimum absolute atomic E-state index is 0.172. The third kappa shape index (κ3) is 2.25. The number of esters is 1. The van der Waals surface area contributed by atoms with Gasteiger partial charge in [0.25, 0.3) is 5.60 Å². The first kappa shape index (κ1) is 10.4. The summed E-state index contributed by atoms with van der Waals surface area (Å²) in [5.41, 5.74) is -1.59. The summed E-state index contributed by atoms with van der Waals surface area (Å²) < 4.78 is 4.67. The molecule has 4 heteroatoms. The predicted octanol–water partition coefficient (Wildman–Crippen LogP) is 1.14. The van der Waals surface area contributed by atoms with Gasteiger partial charge in [-0.2, -0.15) is 10.5 Å². The highest BCUT2D eigenvalue weighted by atomic mass is 16.6. The molecule has 0 radical (unpaired) electrons. The first-order chi connectivity index (χ1) is 5.64. The molecule has 0 rings (SSSR count). The van der Waals surface area contributed by atoms with Gasteiger partial charge in [-0.15, -0.1) is 0 Å². The van der Waals surface area contributed by atoms with Gasteiger partial charge >= 0.3 is 5.97 Å². The summed E-state index contributed by atoms with van der Waals surface area (Å²) in [4.78, 5) is 10.8. The van der Waals surface area contributed by atoms with Crippen molar-refractivity contribution in [3.8, 4) is 12.1 Å². The van der Waals surface area contributed by atoms with Gasteiger partial charge in [-0.3, -0.25) is 4.79 Å². The second-order valence-electron chi connectivity index (χ2n) is 2.23. The van der Waals surface area contributed by atoms with Crippen LogP contribution in [0.1, 0.15) is 26.7 Å². The SMILES string of the molecule is CCC(=O)OC(C#N)(C#N)CC. The summed E-state index contributed by atoms with van der Waals surface area (Å²) in [7, 11) is 0. The van der Waals surface area contributed by atoms with Gasteiger partial charge in [0, 0.05) is 12.8 Å². The number of carbonyl (C=O) groups is 1. The largest absolute Gasteiger partial charge is 0.430 e. The molecule has 0 atom stereocenters. The molecule has 0 aromatic heterocycles. The number of nitrogens with zero attached hydrogens (tertiary/aromatic N) is 2. The highest BCUT2D eigenvalue weighted by molar-refractivity contribution is 5.70. The maximum atomic E-state index is 10.8. The lowest BCUT2D eigenvalue weighted by molar-refractivity contribution is -0.150. The average molecular weight is 166 g/mol. The van der Waals surface area contributed by atoms with E-state index in [4.69, 9.17) is 10.5 Å². The number of hydrogen-bond donors (Lipinski definition) is 0. The van der Waals surface area contributed by atoms with E-state index in [1.807, 2.05) is 0 Å². The van der Waals surface area contributed by atoms with Crippen LogP contribution >= 0.6 is 0 Å². The van der Waals surface area contributed by atoms with E-state index in [1.54, 1.807) is 26.0 Å². The Kier molecular flexibility index (Phi) is 3.79. The summed E-state index contributed by atoms with van der Waals surface area (Å²) in [6, 6.07) is 3.35. The van der Waals surface area contributed by atoms with Gasteiger partial charge in [0.2, 0.25) is 0 Å². The number of nitriles is 2. The van der Waals surface area contributed by atoms with Crippen molar-refractivity contribution in [1.29, 1.82) is 10.5 Å². The molecular weight excluding hydrogens is 156 g/mol. The van der Waals surface area contributed by atoms with E-state index < -0.39 is 11.6 Å². The molecule has 0 heterocycles. The Bertz CT molecular complexity index is 233. The molecule has 0 aliphatic heterocycles. The van der Waals surface area contributed by atoms with E-state index >= 15 is 0 Å². The van der Waals surface area contributed by atoms with Crippen molar-refractivity contribution in [2.75, 3.05) is 0 Å². The van der Waals surface area contributed by atoms with E-state index in [0.717, 1.165) is 0 Å². The molecule has 12 heavy (non-hydrogen) atoms. The van der Waals surface area contributed by atoms with Gasteiger partial charge in [0.1, 0.15) is 12.1 Å². The van der Waals surface area contributed by atoms with E-state index in [-0.39, 0.29) is 12.8 Å².